The van der Waals surface area contributed by atoms with Crippen LogP contribution in [0.3, 0.4) is 0 Å². The molecule has 2 N–H and O–H groups in total. The van der Waals surface area contributed by atoms with Crippen LogP contribution in [0.5, 0.6) is 11.5 Å². The Hall–Kier alpha value is -3.19. The maximum Gasteiger partial charge on any atom is 0.232 e. The maximum absolute atomic E-state index is 14.8. The van der Waals surface area contributed by atoms with Crippen molar-refractivity contribution in [3.05, 3.63) is 58.7 Å². The highest BCUT2D eigenvalue weighted by atomic mass is 19.1. The van der Waals surface area contributed by atoms with E-state index in [9.17, 15) is 9.18 Å². The van der Waals surface area contributed by atoms with Crippen molar-refractivity contribution in [3.8, 4) is 11.5 Å². The summed E-state index contributed by atoms with van der Waals surface area (Å²) in [5.74, 6) is 0.391. The van der Waals surface area contributed by atoms with Gasteiger partial charge in [0.1, 0.15) is 5.75 Å². The molecule has 1 fully saturated rings. The summed E-state index contributed by atoms with van der Waals surface area (Å²) in [4.78, 5) is 13.0. The van der Waals surface area contributed by atoms with Crippen LogP contribution in [0.1, 0.15) is 40.9 Å². The SMILES string of the molecule is COc1c(F)cc2c(c1CCC1CCNCC1)O/C(=C\c1n[nH]c3ccccc13)C2=O. The molecule has 31 heavy (non-hydrogen) atoms. The Bertz CT molecular complexity index is 1180. The van der Waals surface area contributed by atoms with Crippen molar-refractivity contribution in [3.63, 3.8) is 0 Å². The maximum atomic E-state index is 14.8. The normalized spacial score (nSPS) is 17.9. The Morgan fingerprint density at radius 1 is 1.29 bits per heavy atom. The van der Waals surface area contributed by atoms with Gasteiger partial charge in [0.25, 0.3) is 0 Å². The molecular weight excluding hydrogens is 397 g/mol. The van der Waals surface area contributed by atoms with Gasteiger partial charge >= 0.3 is 0 Å². The fraction of sp³-hybridized carbons (Fsp3) is 0.333. The van der Waals surface area contributed by atoms with Crippen molar-refractivity contribution in [1.29, 1.82) is 0 Å². The summed E-state index contributed by atoms with van der Waals surface area (Å²) in [7, 11) is 1.45. The van der Waals surface area contributed by atoms with E-state index in [1.807, 2.05) is 24.3 Å². The number of rotatable bonds is 5. The van der Waals surface area contributed by atoms with Crippen LogP contribution in [0.2, 0.25) is 0 Å². The Labute approximate surface area is 179 Å². The van der Waals surface area contributed by atoms with E-state index >= 15 is 0 Å². The van der Waals surface area contributed by atoms with Gasteiger partial charge in [0.2, 0.25) is 5.78 Å². The van der Waals surface area contributed by atoms with Crippen LogP contribution in [0.25, 0.3) is 17.0 Å². The molecule has 0 saturated carbocycles. The van der Waals surface area contributed by atoms with E-state index < -0.39 is 5.82 Å². The summed E-state index contributed by atoms with van der Waals surface area (Å²) in [5.41, 5.74) is 2.34. The van der Waals surface area contributed by atoms with Crippen molar-refractivity contribution in [1.82, 2.24) is 15.5 Å². The Kier molecular flexibility index (Phi) is 5.19. The average molecular weight is 421 g/mol. The predicted octanol–water partition coefficient (Wildman–Crippen LogP) is 4.26. The van der Waals surface area contributed by atoms with Gasteiger partial charge in [-0.1, -0.05) is 18.2 Å². The standard InChI is InChI=1S/C24H24FN3O3/c1-30-24-16(7-6-14-8-10-26-11-9-14)23-17(12-18(24)25)22(29)21(31-23)13-20-15-4-2-3-5-19(15)27-28-20/h2-5,12-14,26H,6-11H2,1H3,(H,27,28)/b21-13-. The van der Waals surface area contributed by atoms with Crippen molar-refractivity contribution >= 4 is 22.8 Å². The van der Waals surface area contributed by atoms with Gasteiger partial charge in [-0.2, -0.15) is 5.10 Å². The zero-order valence-electron chi connectivity index (χ0n) is 17.3. The fourth-order valence-electron chi connectivity index (χ4n) is 4.52. The molecule has 0 spiro atoms. The first kappa shape index (κ1) is 19.8. The number of Topliss-reactive ketones (excluding diaryl/α,β-unsaturated/α-hetero) is 1. The third-order valence-electron chi connectivity index (χ3n) is 6.19. The average Bonchev–Trinajstić information content (AvgIpc) is 3.34. The molecule has 3 heterocycles. The highest BCUT2D eigenvalue weighted by molar-refractivity contribution is 6.15. The number of fused-ring (bicyclic) bond motifs is 2. The van der Waals surface area contributed by atoms with Crippen LogP contribution in [-0.2, 0) is 6.42 Å². The van der Waals surface area contributed by atoms with E-state index in [1.54, 1.807) is 6.08 Å². The smallest absolute Gasteiger partial charge is 0.232 e. The first-order chi connectivity index (χ1) is 15.2. The van der Waals surface area contributed by atoms with Crippen LogP contribution in [0, 0.1) is 11.7 Å². The lowest BCUT2D eigenvalue weighted by Crippen LogP contribution is -2.27. The number of ketones is 1. The van der Waals surface area contributed by atoms with E-state index in [4.69, 9.17) is 9.47 Å². The molecule has 7 heteroatoms. The van der Waals surface area contributed by atoms with Gasteiger partial charge in [0.15, 0.2) is 17.3 Å². The minimum absolute atomic E-state index is 0.142. The molecule has 0 bridgehead atoms. The van der Waals surface area contributed by atoms with Gasteiger partial charge in [-0.3, -0.25) is 9.89 Å². The largest absolute Gasteiger partial charge is 0.493 e. The van der Waals surface area contributed by atoms with E-state index in [2.05, 4.69) is 15.5 Å². The first-order valence-corrected chi connectivity index (χ1v) is 10.6. The fourth-order valence-corrected chi connectivity index (χ4v) is 4.52. The number of H-pyrrole nitrogens is 1. The molecule has 3 aromatic rings. The summed E-state index contributed by atoms with van der Waals surface area (Å²) >= 11 is 0. The lowest BCUT2D eigenvalue weighted by Gasteiger charge is -2.23. The topological polar surface area (TPSA) is 76.2 Å². The lowest BCUT2D eigenvalue weighted by atomic mass is 9.90. The molecule has 0 radical (unpaired) electrons. The molecule has 6 nitrogen and oxygen atoms in total. The number of para-hydroxylation sites is 1. The summed E-state index contributed by atoms with van der Waals surface area (Å²) in [6, 6.07) is 8.87. The molecule has 0 aliphatic carbocycles. The number of hydrogen-bond donors (Lipinski definition) is 2. The number of carbonyl (C=O) groups excluding carboxylic acids is 1. The van der Waals surface area contributed by atoms with Gasteiger partial charge < -0.3 is 14.8 Å². The second-order valence-corrected chi connectivity index (χ2v) is 8.07. The van der Waals surface area contributed by atoms with Crippen molar-refractivity contribution in [2.75, 3.05) is 20.2 Å². The van der Waals surface area contributed by atoms with E-state index in [-0.39, 0.29) is 22.9 Å². The third-order valence-corrected chi connectivity index (χ3v) is 6.19. The number of allylic oxidation sites excluding steroid dienone is 1. The lowest BCUT2D eigenvalue weighted by molar-refractivity contribution is 0.101. The highest BCUT2D eigenvalue weighted by Crippen LogP contribution is 2.43. The first-order valence-electron chi connectivity index (χ1n) is 10.6. The van der Waals surface area contributed by atoms with Crippen LogP contribution < -0.4 is 14.8 Å². The van der Waals surface area contributed by atoms with Gasteiger partial charge in [-0.25, -0.2) is 4.39 Å². The zero-order chi connectivity index (χ0) is 21.4. The van der Waals surface area contributed by atoms with Crippen molar-refractivity contribution in [2.45, 2.75) is 25.7 Å². The number of nitrogens with zero attached hydrogens (tertiary/aromatic N) is 1. The van der Waals surface area contributed by atoms with Crippen molar-refractivity contribution < 1.29 is 18.7 Å². The molecule has 0 amide bonds. The molecule has 1 aromatic heterocycles. The number of nitrogens with one attached hydrogen (secondary N) is 2. The van der Waals surface area contributed by atoms with Gasteiger partial charge in [-0.05, 0) is 56.8 Å². The Morgan fingerprint density at radius 3 is 2.90 bits per heavy atom. The molecule has 2 aliphatic rings. The molecular formula is C24H24FN3O3. The van der Waals surface area contributed by atoms with Crippen LogP contribution in [-0.4, -0.2) is 36.2 Å². The monoisotopic (exact) mass is 421 g/mol. The number of halogens is 1. The van der Waals surface area contributed by atoms with Crippen molar-refractivity contribution in [2.24, 2.45) is 5.92 Å². The molecule has 2 aliphatic heterocycles. The van der Waals surface area contributed by atoms with Gasteiger partial charge in [-0.15, -0.1) is 0 Å². The number of benzene rings is 2. The minimum atomic E-state index is -0.537. The van der Waals surface area contributed by atoms with Gasteiger partial charge in [0, 0.05) is 17.0 Å². The van der Waals surface area contributed by atoms with Gasteiger partial charge in [0.05, 0.1) is 23.9 Å². The number of hydrogen-bond acceptors (Lipinski definition) is 5. The molecule has 1 saturated heterocycles. The summed E-state index contributed by atoms with van der Waals surface area (Å²) in [6.45, 7) is 2.01. The Morgan fingerprint density at radius 2 is 2.10 bits per heavy atom. The summed E-state index contributed by atoms with van der Waals surface area (Å²) < 4.78 is 26.1. The zero-order valence-corrected chi connectivity index (χ0v) is 17.3. The number of ether oxygens (including phenoxy) is 2. The second-order valence-electron chi connectivity index (χ2n) is 8.07. The van der Waals surface area contributed by atoms with Crippen LogP contribution >= 0.6 is 0 Å². The Balaban J connectivity index is 1.49. The highest BCUT2D eigenvalue weighted by Gasteiger charge is 2.34. The number of methoxy groups -OCH3 is 1. The molecule has 0 unspecified atom stereocenters. The summed E-state index contributed by atoms with van der Waals surface area (Å²) in [6.07, 6.45) is 5.30. The van der Waals surface area contributed by atoms with Crippen LogP contribution in [0.15, 0.2) is 36.1 Å². The molecule has 160 valence electrons. The molecule has 2 aromatic carbocycles. The summed E-state index contributed by atoms with van der Waals surface area (Å²) in [5, 5.41) is 11.5. The minimum Gasteiger partial charge on any atom is -0.493 e. The number of piperidine rings is 1. The van der Waals surface area contributed by atoms with E-state index in [1.165, 1.54) is 13.2 Å². The molecule has 5 rings (SSSR count). The third kappa shape index (κ3) is 3.59. The predicted molar refractivity (Wildman–Crippen MR) is 116 cm³/mol. The number of aromatic amines is 1. The quantitative estimate of drug-likeness (QED) is 0.602. The van der Waals surface area contributed by atoms with E-state index in [0.717, 1.165) is 43.3 Å². The number of aromatic nitrogens is 2. The number of carbonyl (C=O) groups is 1. The van der Waals surface area contributed by atoms with E-state index in [0.29, 0.717) is 29.3 Å². The molecule has 0 atom stereocenters. The van der Waals surface area contributed by atoms with Crippen LogP contribution in [0.4, 0.5) is 4.39 Å². The second kappa shape index (κ2) is 8.15.